The second kappa shape index (κ2) is 5.17. The molecule has 1 aliphatic rings. The number of carbonyl (C=O) groups is 1. The first kappa shape index (κ1) is 15.4. The van der Waals surface area contributed by atoms with E-state index < -0.39 is 0 Å². The molecule has 1 aliphatic carbocycles. The van der Waals surface area contributed by atoms with Crippen molar-refractivity contribution in [3.8, 4) is 0 Å². The van der Waals surface area contributed by atoms with Crippen LogP contribution in [-0.4, -0.2) is 15.8 Å². The largest absolute Gasteiger partial charge is 0.353 e. The van der Waals surface area contributed by atoms with Crippen LogP contribution in [0.4, 0.5) is 0 Å². The first-order chi connectivity index (χ1) is 11.4. The molecule has 0 unspecified atom stereocenters. The van der Waals surface area contributed by atoms with Crippen molar-refractivity contribution in [2.24, 2.45) is 11.3 Å². The molecule has 2 aromatic heterocycles. The summed E-state index contributed by atoms with van der Waals surface area (Å²) in [5.74, 6) is 0.761. The number of nitrogens with zero attached hydrogens (tertiary/aromatic N) is 1. The van der Waals surface area contributed by atoms with E-state index in [9.17, 15) is 4.79 Å². The van der Waals surface area contributed by atoms with E-state index in [-0.39, 0.29) is 11.2 Å². The maximum absolute atomic E-state index is 12.9. The van der Waals surface area contributed by atoms with Crippen LogP contribution >= 0.6 is 0 Å². The first-order valence-corrected chi connectivity index (χ1v) is 8.81. The first-order valence-electron chi connectivity index (χ1n) is 8.81. The molecule has 0 bridgehead atoms. The summed E-state index contributed by atoms with van der Waals surface area (Å²) >= 11 is 0. The molecule has 3 heteroatoms. The zero-order chi connectivity index (χ0) is 17.1. The second-order valence-corrected chi connectivity index (χ2v) is 8.34. The van der Waals surface area contributed by atoms with Crippen molar-refractivity contribution < 1.29 is 4.79 Å². The van der Waals surface area contributed by atoms with E-state index in [0.717, 1.165) is 51.6 Å². The Hall–Kier alpha value is -2.16. The van der Waals surface area contributed by atoms with E-state index in [1.54, 1.807) is 0 Å². The van der Waals surface area contributed by atoms with E-state index in [2.05, 4.69) is 44.8 Å². The van der Waals surface area contributed by atoms with Crippen LogP contribution < -0.4 is 0 Å². The molecular weight excluding hydrogens is 296 g/mol. The van der Waals surface area contributed by atoms with Gasteiger partial charge in [-0.15, -0.1) is 0 Å². The maximum Gasteiger partial charge on any atom is 0.165 e. The molecule has 1 aromatic carbocycles. The molecule has 0 fully saturated rings. The molecule has 3 aromatic rings. The summed E-state index contributed by atoms with van der Waals surface area (Å²) in [7, 11) is 0. The molecule has 2 heterocycles. The number of aromatic amines is 1. The molecule has 24 heavy (non-hydrogen) atoms. The minimum Gasteiger partial charge on any atom is -0.353 e. The average Bonchev–Trinajstić information content (AvgIpc) is 2.85. The monoisotopic (exact) mass is 320 g/mol. The van der Waals surface area contributed by atoms with Gasteiger partial charge in [-0.05, 0) is 30.2 Å². The number of H-pyrrole nitrogens is 1. The lowest BCUT2D eigenvalue weighted by Gasteiger charge is -2.30. The molecular formula is C21H24N2O. The van der Waals surface area contributed by atoms with Gasteiger partial charge in [0, 0.05) is 28.3 Å². The third kappa shape index (κ3) is 2.34. The molecule has 0 radical (unpaired) electrons. The van der Waals surface area contributed by atoms with Crippen molar-refractivity contribution >= 4 is 27.6 Å². The highest BCUT2D eigenvalue weighted by atomic mass is 16.1. The summed E-state index contributed by atoms with van der Waals surface area (Å²) in [6.07, 6.45) is 2.39. The Morgan fingerprint density at radius 2 is 1.96 bits per heavy atom. The van der Waals surface area contributed by atoms with Crippen LogP contribution in [0.5, 0.6) is 0 Å². The zero-order valence-corrected chi connectivity index (χ0v) is 14.9. The van der Waals surface area contributed by atoms with Gasteiger partial charge in [-0.1, -0.05) is 45.9 Å². The van der Waals surface area contributed by atoms with E-state index >= 15 is 0 Å². The summed E-state index contributed by atoms with van der Waals surface area (Å²) in [6, 6.07) is 8.27. The Balaban J connectivity index is 2.11. The highest BCUT2D eigenvalue weighted by Gasteiger charge is 2.34. The summed E-state index contributed by atoms with van der Waals surface area (Å²) in [5, 5.41) is 2.23. The third-order valence-corrected chi connectivity index (χ3v) is 4.97. The topological polar surface area (TPSA) is 45.8 Å². The lowest BCUT2D eigenvalue weighted by atomic mass is 9.74. The normalized spacial score (nSPS) is 17.0. The molecule has 4 rings (SSSR count). The van der Waals surface area contributed by atoms with Crippen molar-refractivity contribution in [2.75, 3.05) is 0 Å². The molecule has 0 aliphatic heterocycles. The van der Waals surface area contributed by atoms with Crippen LogP contribution in [0.25, 0.3) is 21.8 Å². The molecule has 0 spiro atoms. The third-order valence-electron chi connectivity index (χ3n) is 4.97. The van der Waals surface area contributed by atoms with E-state index in [1.165, 1.54) is 0 Å². The lowest BCUT2D eigenvalue weighted by Crippen LogP contribution is -2.28. The Morgan fingerprint density at radius 3 is 2.71 bits per heavy atom. The highest BCUT2D eigenvalue weighted by molar-refractivity contribution is 6.19. The molecule has 124 valence electrons. The molecule has 0 saturated heterocycles. The van der Waals surface area contributed by atoms with Gasteiger partial charge >= 0.3 is 0 Å². The maximum atomic E-state index is 12.9. The Labute approximate surface area is 142 Å². The van der Waals surface area contributed by atoms with Crippen LogP contribution in [0.3, 0.4) is 0 Å². The number of nitrogens with one attached hydrogen (secondary N) is 1. The smallest absolute Gasteiger partial charge is 0.165 e. The van der Waals surface area contributed by atoms with Gasteiger partial charge in [-0.2, -0.15) is 0 Å². The average molecular weight is 320 g/mol. The summed E-state index contributed by atoms with van der Waals surface area (Å²) in [5.41, 5.74) is 5.08. The van der Waals surface area contributed by atoms with E-state index in [1.807, 2.05) is 12.1 Å². The van der Waals surface area contributed by atoms with Gasteiger partial charge < -0.3 is 4.98 Å². The number of fused-ring (bicyclic) bond motifs is 5. The standard InChI is InChI=1S/C21H24N2O/c1-12(2)9-15-20-18(13-7-5-6-8-14(13)23-20)19-16(22-15)10-21(3,4)11-17(19)24/h5-8,12,23H,9-11H2,1-4H3. The van der Waals surface area contributed by atoms with Crippen molar-refractivity contribution in [3.63, 3.8) is 0 Å². The molecule has 0 saturated carbocycles. The summed E-state index contributed by atoms with van der Waals surface area (Å²) < 4.78 is 0. The number of carbonyl (C=O) groups excluding carboxylic acids is 1. The van der Waals surface area contributed by atoms with Gasteiger partial charge in [0.2, 0.25) is 0 Å². The fourth-order valence-electron chi connectivity index (χ4n) is 4.04. The van der Waals surface area contributed by atoms with E-state index in [4.69, 9.17) is 4.98 Å². The predicted octanol–water partition coefficient (Wildman–Crippen LogP) is 5.07. The Bertz CT molecular complexity index is 963. The van der Waals surface area contributed by atoms with Crippen LogP contribution in [0, 0.1) is 11.3 Å². The second-order valence-electron chi connectivity index (χ2n) is 8.34. The Morgan fingerprint density at radius 1 is 1.21 bits per heavy atom. The van der Waals surface area contributed by atoms with Crippen LogP contribution in [0.15, 0.2) is 24.3 Å². The minimum absolute atomic E-state index is 0.00796. The summed E-state index contributed by atoms with van der Waals surface area (Å²) in [4.78, 5) is 21.4. The van der Waals surface area contributed by atoms with Gasteiger partial charge in [0.15, 0.2) is 5.78 Å². The fourth-order valence-corrected chi connectivity index (χ4v) is 4.04. The van der Waals surface area contributed by atoms with Crippen molar-refractivity contribution in [1.82, 2.24) is 9.97 Å². The van der Waals surface area contributed by atoms with E-state index in [0.29, 0.717) is 12.3 Å². The molecule has 3 nitrogen and oxygen atoms in total. The van der Waals surface area contributed by atoms with Crippen molar-refractivity contribution in [2.45, 2.75) is 47.0 Å². The molecule has 1 N–H and O–H groups in total. The summed E-state index contributed by atoms with van der Waals surface area (Å²) in [6.45, 7) is 8.75. The zero-order valence-electron chi connectivity index (χ0n) is 14.9. The minimum atomic E-state index is -0.00796. The van der Waals surface area contributed by atoms with Gasteiger partial charge in [-0.3, -0.25) is 9.78 Å². The number of rotatable bonds is 2. The van der Waals surface area contributed by atoms with Crippen LogP contribution in [0.2, 0.25) is 0 Å². The van der Waals surface area contributed by atoms with Crippen LogP contribution in [0.1, 0.15) is 55.9 Å². The Kier molecular flexibility index (Phi) is 3.31. The van der Waals surface area contributed by atoms with Gasteiger partial charge in [0.05, 0.1) is 16.9 Å². The number of aromatic nitrogens is 2. The molecule has 0 amide bonds. The quantitative estimate of drug-likeness (QED) is 0.716. The number of hydrogen-bond donors (Lipinski definition) is 1. The fraction of sp³-hybridized carbons (Fsp3) is 0.429. The SMILES string of the molecule is CC(C)Cc1nc2c(c3c1[nH]c1ccccc13)C(=O)CC(C)(C)C2. The van der Waals surface area contributed by atoms with Gasteiger partial charge in [-0.25, -0.2) is 0 Å². The van der Waals surface area contributed by atoms with Crippen molar-refractivity contribution in [1.29, 1.82) is 0 Å². The van der Waals surface area contributed by atoms with Gasteiger partial charge in [0.1, 0.15) is 0 Å². The van der Waals surface area contributed by atoms with Crippen molar-refractivity contribution in [3.05, 3.63) is 41.2 Å². The highest BCUT2D eigenvalue weighted by Crippen LogP contribution is 2.40. The number of pyridine rings is 1. The number of Topliss-reactive ketones (excluding diaryl/α,β-unsaturated/α-hetero) is 1. The number of para-hydroxylation sites is 1. The lowest BCUT2D eigenvalue weighted by molar-refractivity contribution is 0.0912. The van der Waals surface area contributed by atoms with Gasteiger partial charge in [0.25, 0.3) is 0 Å². The number of ketones is 1. The number of hydrogen-bond acceptors (Lipinski definition) is 2. The molecule has 0 atom stereocenters. The van der Waals surface area contributed by atoms with Crippen LogP contribution in [-0.2, 0) is 12.8 Å². The predicted molar refractivity (Wildman–Crippen MR) is 98.6 cm³/mol. The number of benzene rings is 1.